The molecule has 23 heavy (non-hydrogen) atoms. The number of anilines is 2. The van der Waals surface area contributed by atoms with Crippen LogP contribution in [0.1, 0.15) is 18.1 Å². The maximum absolute atomic E-state index is 10.3. The molecule has 0 radical (unpaired) electrons. The fraction of sp³-hybridized carbons (Fsp3) is 0.389. The van der Waals surface area contributed by atoms with E-state index < -0.39 is 6.10 Å². The van der Waals surface area contributed by atoms with Crippen LogP contribution in [0.3, 0.4) is 0 Å². The van der Waals surface area contributed by atoms with E-state index in [1.165, 1.54) is 0 Å². The van der Waals surface area contributed by atoms with E-state index in [2.05, 4.69) is 20.9 Å². The topological polar surface area (TPSA) is 65.6 Å². The number of hydrogen-bond donors (Lipinski definition) is 2. The van der Waals surface area contributed by atoms with Gasteiger partial charge in [0.25, 0.3) is 0 Å². The number of nitrogens with two attached hydrogens (primary N) is 1. The third-order valence-corrected chi connectivity index (χ3v) is 4.36. The first kappa shape index (κ1) is 15.8. The van der Waals surface area contributed by atoms with Gasteiger partial charge in [0.2, 0.25) is 0 Å². The minimum Gasteiger partial charge on any atom is -0.399 e. The van der Waals surface area contributed by atoms with E-state index in [0.29, 0.717) is 5.69 Å². The van der Waals surface area contributed by atoms with Crippen molar-refractivity contribution >= 4 is 11.5 Å². The van der Waals surface area contributed by atoms with Gasteiger partial charge in [0, 0.05) is 44.6 Å². The Morgan fingerprint density at radius 3 is 2.61 bits per heavy atom. The molecule has 5 heteroatoms. The second kappa shape index (κ2) is 7.44. The summed E-state index contributed by atoms with van der Waals surface area (Å²) < 4.78 is 0. The average Bonchev–Trinajstić information content (AvgIpc) is 2.61. The molecule has 1 aliphatic heterocycles. The number of aliphatic hydroxyl groups excluding tert-OH is 1. The molecule has 1 aromatic carbocycles. The van der Waals surface area contributed by atoms with Gasteiger partial charge < -0.3 is 15.7 Å². The summed E-state index contributed by atoms with van der Waals surface area (Å²) in [6.45, 7) is 4.85. The van der Waals surface area contributed by atoms with Gasteiger partial charge in [0.1, 0.15) is 5.82 Å². The van der Waals surface area contributed by atoms with Gasteiger partial charge in [-0.05, 0) is 36.2 Å². The van der Waals surface area contributed by atoms with Crippen molar-refractivity contribution in [2.24, 2.45) is 0 Å². The SMILES string of the molecule is Nc1cccc(C(O)CCN2CCN(c3ccccn3)CC2)c1. The summed E-state index contributed by atoms with van der Waals surface area (Å²) in [5.41, 5.74) is 7.37. The number of benzene rings is 1. The maximum atomic E-state index is 10.3. The van der Waals surface area contributed by atoms with Gasteiger partial charge in [0.15, 0.2) is 0 Å². The molecule has 1 unspecified atom stereocenters. The molecule has 1 fully saturated rings. The Morgan fingerprint density at radius 1 is 1.09 bits per heavy atom. The van der Waals surface area contributed by atoms with Gasteiger partial charge in [0.05, 0.1) is 6.10 Å². The highest BCUT2D eigenvalue weighted by molar-refractivity contribution is 5.41. The number of hydrogen-bond acceptors (Lipinski definition) is 5. The molecule has 0 spiro atoms. The van der Waals surface area contributed by atoms with Crippen molar-refractivity contribution in [1.82, 2.24) is 9.88 Å². The summed E-state index contributed by atoms with van der Waals surface area (Å²) >= 11 is 0. The summed E-state index contributed by atoms with van der Waals surface area (Å²) in [5.74, 6) is 1.05. The monoisotopic (exact) mass is 312 g/mol. The van der Waals surface area contributed by atoms with E-state index in [4.69, 9.17) is 5.73 Å². The van der Waals surface area contributed by atoms with Crippen LogP contribution >= 0.6 is 0 Å². The molecule has 0 saturated carbocycles. The summed E-state index contributed by atoms with van der Waals surface area (Å²) in [5, 5.41) is 10.3. The summed E-state index contributed by atoms with van der Waals surface area (Å²) in [6.07, 6.45) is 2.11. The summed E-state index contributed by atoms with van der Waals surface area (Å²) in [4.78, 5) is 9.11. The number of aliphatic hydroxyl groups is 1. The molecule has 1 saturated heterocycles. The van der Waals surface area contributed by atoms with Crippen LogP contribution < -0.4 is 10.6 Å². The van der Waals surface area contributed by atoms with Crippen molar-refractivity contribution in [3.63, 3.8) is 0 Å². The van der Waals surface area contributed by atoms with Gasteiger partial charge in [-0.25, -0.2) is 4.98 Å². The Balaban J connectivity index is 1.46. The molecule has 2 heterocycles. The highest BCUT2D eigenvalue weighted by atomic mass is 16.3. The number of aromatic nitrogens is 1. The summed E-state index contributed by atoms with van der Waals surface area (Å²) in [7, 11) is 0. The second-order valence-corrected chi connectivity index (χ2v) is 5.99. The molecule has 0 amide bonds. The third kappa shape index (κ3) is 4.21. The van der Waals surface area contributed by atoms with E-state index in [9.17, 15) is 5.11 Å². The zero-order valence-corrected chi connectivity index (χ0v) is 13.3. The average molecular weight is 312 g/mol. The predicted octanol–water partition coefficient (Wildman–Crippen LogP) is 1.91. The molecule has 3 rings (SSSR count). The first-order valence-corrected chi connectivity index (χ1v) is 8.14. The van der Waals surface area contributed by atoms with Crippen LogP contribution in [0.4, 0.5) is 11.5 Å². The Morgan fingerprint density at radius 2 is 1.91 bits per heavy atom. The van der Waals surface area contributed by atoms with Crippen molar-refractivity contribution in [3.8, 4) is 0 Å². The normalized spacial score (nSPS) is 17.2. The van der Waals surface area contributed by atoms with E-state index in [-0.39, 0.29) is 0 Å². The number of nitrogen functional groups attached to an aromatic ring is 1. The van der Waals surface area contributed by atoms with Gasteiger partial charge in [-0.1, -0.05) is 18.2 Å². The Kier molecular flexibility index (Phi) is 5.10. The van der Waals surface area contributed by atoms with Crippen LogP contribution in [-0.4, -0.2) is 47.7 Å². The molecule has 122 valence electrons. The third-order valence-electron chi connectivity index (χ3n) is 4.36. The molecule has 2 aromatic rings. The lowest BCUT2D eigenvalue weighted by Gasteiger charge is -2.35. The van der Waals surface area contributed by atoms with Crippen LogP contribution in [0.25, 0.3) is 0 Å². The molecule has 1 aromatic heterocycles. The Bertz CT molecular complexity index is 611. The largest absolute Gasteiger partial charge is 0.399 e. The van der Waals surface area contributed by atoms with Crippen molar-refractivity contribution < 1.29 is 5.11 Å². The lowest BCUT2D eigenvalue weighted by Crippen LogP contribution is -2.47. The maximum Gasteiger partial charge on any atom is 0.128 e. The van der Waals surface area contributed by atoms with Gasteiger partial charge in [-0.2, -0.15) is 0 Å². The molecular weight excluding hydrogens is 288 g/mol. The Hall–Kier alpha value is -2.11. The number of nitrogens with zero attached hydrogens (tertiary/aromatic N) is 3. The van der Waals surface area contributed by atoms with Gasteiger partial charge in [-0.3, -0.25) is 4.90 Å². The quantitative estimate of drug-likeness (QED) is 0.826. The van der Waals surface area contributed by atoms with Crippen molar-refractivity contribution in [3.05, 3.63) is 54.2 Å². The van der Waals surface area contributed by atoms with Crippen LogP contribution in [-0.2, 0) is 0 Å². The molecular formula is C18H24N4O. The van der Waals surface area contributed by atoms with Crippen LogP contribution in [0.2, 0.25) is 0 Å². The van der Waals surface area contributed by atoms with Crippen LogP contribution in [0.5, 0.6) is 0 Å². The van der Waals surface area contributed by atoms with E-state index >= 15 is 0 Å². The van der Waals surface area contributed by atoms with E-state index in [1.807, 2.05) is 42.6 Å². The number of piperazine rings is 1. The summed E-state index contributed by atoms with van der Waals surface area (Å²) in [6, 6.07) is 13.5. The first-order valence-electron chi connectivity index (χ1n) is 8.14. The molecule has 1 atom stereocenters. The van der Waals surface area contributed by atoms with Gasteiger partial charge >= 0.3 is 0 Å². The minimum absolute atomic E-state index is 0.452. The number of rotatable bonds is 5. The molecule has 1 aliphatic rings. The zero-order chi connectivity index (χ0) is 16.1. The fourth-order valence-corrected chi connectivity index (χ4v) is 2.98. The van der Waals surface area contributed by atoms with E-state index in [0.717, 1.165) is 50.5 Å². The predicted molar refractivity (Wildman–Crippen MR) is 93.3 cm³/mol. The zero-order valence-electron chi connectivity index (χ0n) is 13.3. The van der Waals surface area contributed by atoms with Gasteiger partial charge in [-0.15, -0.1) is 0 Å². The Labute approximate surface area is 137 Å². The second-order valence-electron chi connectivity index (χ2n) is 5.99. The fourth-order valence-electron chi connectivity index (χ4n) is 2.98. The molecule has 3 N–H and O–H groups in total. The first-order chi connectivity index (χ1) is 11.2. The highest BCUT2D eigenvalue weighted by Gasteiger charge is 2.18. The smallest absolute Gasteiger partial charge is 0.128 e. The lowest BCUT2D eigenvalue weighted by molar-refractivity contribution is 0.139. The molecule has 0 bridgehead atoms. The van der Waals surface area contributed by atoms with Crippen molar-refractivity contribution in [2.45, 2.75) is 12.5 Å². The lowest BCUT2D eigenvalue weighted by atomic mass is 10.1. The van der Waals surface area contributed by atoms with E-state index in [1.54, 1.807) is 0 Å². The highest BCUT2D eigenvalue weighted by Crippen LogP contribution is 2.20. The van der Waals surface area contributed by atoms with Crippen molar-refractivity contribution in [1.29, 1.82) is 0 Å². The molecule has 0 aliphatic carbocycles. The van der Waals surface area contributed by atoms with Crippen LogP contribution in [0, 0.1) is 0 Å². The van der Waals surface area contributed by atoms with Crippen LogP contribution in [0.15, 0.2) is 48.7 Å². The van der Waals surface area contributed by atoms with Crippen molar-refractivity contribution in [2.75, 3.05) is 43.4 Å². The number of pyridine rings is 1. The standard InChI is InChI=1S/C18H24N4O/c19-16-5-3-4-15(14-16)17(23)7-9-21-10-12-22(13-11-21)18-6-1-2-8-20-18/h1-6,8,14,17,23H,7,9-13,19H2. The molecule has 5 nitrogen and oxygen atoms in total. The minimum atomic E-state index is -0.452.